The van der Waals surface area contributed by atoms with Gasteiger partial charge in [0.1, 0.15) is 51.8 Å². The van der Waals surface area contributed by atoms with Gasteiger partial charge in [0.15, 0.2) is 5.78 Å². The van der Waals surface area contributed by atoms with Crippen molar-refractivity contribution in [2.45, 2.75) is 156 Å². The van der Waals surface area contributed by atoms with Gasteiger partial charge in [-0.05, 0) is 314 Å². The van der Waals surface area contributed by atoms with Crippen LogP contribution in [0.1, 0.15) is 187 Å². The zero-order valence-corrected chi connectivity index (χ0v) is 59.2. The summed E-state index contributed by atoms with van der Waals surface area (Å²) in [7, 11) is 3.78. The number of nitrogens with two attached hydrogens (primary N) is 2. The molecule has 6 atom stereocenters. The Bertz CT molecular complexity index is 3770. The highest BCUT2D eigenvalue weighted by Gasteiger charge is 2.56. The van der Waals surface area contributed by atoms with Crippen molar-refractivity contribution in [3.05, 3.63) is 214 Å². The van der Waals surface area contributed by atoms with Gasteiger partial charge in [0.05, 0.1) is 0 Å². The highest BCUT2D eigenvalue weighted by Crippen LogP contribution is 2.60. The fraction of sp³-hybridized carbons (Fsp3) is 0.366. The molecule has 0 amide bonds. The summed E-state index contributed by atoms with van der Waals surface area (Å²) >= 11 is 11.9. The van der Waals surface area contributed by atoms with E-state index in [1.54, 1.807) is 38.1 Å². The molecular formula is C82H94Cl2N4O8. The number of benzene rings is 8. The summed E-state index contributed by atoms with van der Waals surface area (Å²) in [5.74, 6) is 7.73. The van der Waals surface area contributed by atoms with Crippen LogP contribution in [0.4, 0.5) is 22.7 Å². The number of ketones is 2. The molecule has 0 aliphatic heterocycles. The maximum Gasteiger partial charge on any atom is 0.252 e. The van der Waals surface area contributed by atoms with E-state index < -0.39 is 10.7 Å². The van der Waals surface area contributed by atoms with Crippen LogP contribution in [0.3, 0.4) is 0 Å². The maximum atomic E-state index is 12.5. The minimum Gasteiger partial charge on any atom is -0.457 e. The number of hydrogen-bond acceptors (Lipinski definition) is 12. The molecule has 4 aliphatic rings. The summed E-state index contributed by atoms with van der Waals surface area (Å²) in [5.41, 5.74) is 22.9. The van der Waals surface area contributed by atoms with Crippen LogP contribution in [-0.4, -0.2) is 36.1 Å². The van der Waals surface area contributed by atoms with Gasteiger partial charge in [-0.2, -0.15) is 0 Å². The van der Waals surface area contributed by atoms with Gasteiger partial charge in [-0.25, -0.2) is 0 Å². The molecule has 12 nitrogen and oxygen atoms in total. The quantitative estimate of drug-likeness (QED) is 0.0409. The lowest BCUT2D eigenvalue weighted by Gasteiger charge is -2.54. The van der Waals surface area contributed by atoms with E-state index in [2.05, 4.69) is 77.3 Å². The Morgan fingerprint density at radius 1 is 0.448 bits per heavy atom. The van der Waals surface area contributed by atoms with Crippen LogP contribution in [-0.2, 0) is 33.3 Å². The second-order valence-electron chi connectivity index (χ2n) is 27.8. The van der Waals surface area contributed by atoms with Crippen molar-refractivity contribution < 1.29 is 38.1 Å². The van der Waals surface area contributed by atoms with E-state index in [-0.39, 0.29) is 39.1 Å². The largest absolute Gasteiger partial charge is 0.457 e. The lowest BCUT2D eigenvalue weighted by Crippen LogP contribution is -2.51. The third-order valence-electron chi connectivity index (χ3n) is 20.8. The van der Waals surface area contributed by atoms with Gasteiger partial charge in [0.25, 0.3) is 5.24 Å². The Balaban J connectivity index is 0.000000150. The number of carbonyl (C=O) groups excluding carboxylic acids is 4. The molecule has 6 unspecified atom stereocenters. The Labute approximate surface area is 578 Å². The number of fused-ring (bicyclic) bond motifs is 6. The molecule has 0 radical (unpaired) electrons. The predicted molar refractivity (Wildman–Crippen MR) is 392 cm³/mol. The molecule has 0 spiro atoms. The van der Waals surface area contributed by atoms with Gasteiger partial charge in [-0.3, -0.25) is 19.2 Å². The summed E-state index contributed by atoms with van der Waals surface area (Å²) < 4.78 is 23.1. The molecule has 6 N–H and O–H groups in total. The molecule has 4 aliphatic carbocycles. The summed E-state index contributed by atoms with van der Waals surface area (Å²) in [6.07, 6.45) is 10.0. The molecule has 2 saturated carbocycles. The minimum atomic E-state index is -0.492. The van der Waals surface area contributed by atoms with Crippen LogP contribution < -0.4 is 41.0 Å². The predicted octanol–water partition coefficient (Wildman–Crippen LogP) is 21.4. The lowest BCUT2D eigenvalue weighted by molar-refractivity contribution is -0.134. The van der Waals surface area contributed by atoms with Gasteiger partial charge in [0, 0.05) is 58.8 Å². The molecule has 8 aromatic carbocycles. The van der Waals surface area contributed by atoms with Crippen molar-refractivity contribution in [2.75, 3.05) is 36.2 Å². The van der Waals surface area contributed by atoms with Gasteiger partial charge in [-0.15, -0.1) is 0 Å². The fourth-order valence-corrected chi connectivity index (χ4v) is 15.7. The van der Waals surface area contributed by atoms with Crippen molar-refractivity contribution in [1.82, 2.24) is 0 Å². The van der Waals surface area contributed by atoms with Gasteiger partial charge in [0.2, 0.25) is 5.24 Å². The van der Waals surface area contributed by atoms with Crippen molar-refractivity contribution in [3.8, 4) is 46.0 Å². The molecule has 8 aromatic rings. The Morgan fingerprint density at radius 3 is 1.05 bits per heavy atom. The van der Waals surface area contributed by atoms with Crippen LogP contribution in [0.2, 0.25) is 0 Å². The first-order valence-corrected chi connectivity index (χ1v) is 34.4. The lowest BCUT2D eigenvalue weighted by atomic mass is 9.49. The van der Waals surface area contributed by atoms with Crippen LogP contribution in [0.15, 0.2) is 170 Å². The number of anilines is 4. The molecule has 0 aromatic heterocycles. The van der Waals surface area contributed by atoms with E-state index in [1.807, 2.05) is 148 Å². The van der Waals surface area contributed by atoms with Crippen LogP contribution >= 0.6 is 23.2 Å². The third kappa shape index (κ3) is 16.3. The van der Waals surface area contributed by atoms with E-state index in [0.717, 1.165) is 133 Å². The number of nitrogens with one attached hydrogen (secondary N) is 2. The number of rotatable bonds is 16. The highest BCUT2D eigenvalue weighted by atomic mass is 35.5. The van der Waals surface area contributed by atoms with E-state index in [9.17, 15) is 19.2 Å². The van der Waals surface area contributed by atoms with Gasteiger partial charge >= 0.3 is 0 Å². The van der Waals surface area contributed by atoms with Crippen molar-refractivity contribution in [3.63, 3.8) is 0 Å². The van der Waals surface area contributed by atoms with E-state index >= 15 is 0 Å². The zero-order valence-electron chi connectivity index (χ0n) is 57.7. The van der Waals surface area contributed by atoms with Crippen LogP contribution in [0.5, 0.6) is 46.0 Å². The van der Waals surface area contributed by atoms with E-state index in [4.69, 9.17) is 53.6 Å². The standard InChI is InChI=1S/C23H32O2.C21H26Cl2O2.C20H20N2O2.C18H16N2O2/c1-14(2)18-12-17-8-9-21-22(5,16(4)25)10-7-11-23(21,6)20(17)13-19(18)15(3)24;1-12(2)14-10-13-6-7-17-20(3,16(13)11-15(14)18(22)24)8-5-9-21(17,4)19(23)25;1-21-15-3-7-17(8-4-15)23-19-11-13-20(14-12-19)24-18-9-5-16(22-2)6-10-18;19-13-1-5-15(6-2-13)21-17-9-11-18(12-10-17)22-16-7-3-14(20)4-8-16/h12-14,21H,7-11H2,1-6H3;10-12,17H,5-9H2,1-4H3;3-14,21-22H,1-2H3;1-12H,19-20H2. The highest BCUT2D eigenvalue weighted by molar-refractivity contribution is 6.68. The van der Waals surface area contributed by atoms with Crippen molar-refractivity contribution in [2.24, 2.45) is 22.7 Å². The minimum absolute atomic E-state index is 0.00592. The fourth-order valence-electron chi connectivity index (χ4n) is 15.3. The average molecular weight is 1330 g/mol. The molecule has 0 heterocycles. The van der Waals surface area contributed by atoms with Crippen molar-refractivity contribution in [1.29, 1.82) is 0 Å². The summed E-state index contributed by atoms with van der Waals surface area (Å²) in [6.45, 7) is 20.7. The number of hydrogen-bond donors (Lipinski definition) is 4. The molecule has 0 saturated heterocycles. The first-order chi connectivity index (χ1) is 45.7. The molecular weight excluding hydrogens is 1240 g/mol. The van der Waals surface area contributed by atoms with Crippen molar-refractivity contribution >= 4 is 68.0 Å². The molecule has 96 heavy (non-hydrogen) atoms. The Kier molecular flexibility index (Phi) is 22.9. The van der Waals surface area contributed by atoms with Crippen LogP contribution in [0.25, 0.3) is 0 Å². The molecule has 14 heteroatoms. The smallest absolute Gasteiger partial charge is 0.252 e. The number of Topliss-reactive ketones (excluding diaryl/α,β-unsaturated/α-hetero) is 2. The first kappa shape index (κ1) is 71.7. The molecule has 2 fully saturated rings. The number of nitrogen functional groups attached to an aromatic ring is 2. The summed E-state index contributed by atoms with van der Waals surface area (Å²) in [6, 6.07) is 53.8. The molecule has 12 rings (SSSR count). The maximum absolute atomic E-state index is 12.5. The Hall–Kier alpha value is -8.58. The van der Waals surface area contributed by atoms with E-state index in [0.29, 0.717) is 34.6 Å². The first-order valence-electron chi connectivity index (χ1n) is 33.6. The van der Waals surface area contributed by atoms with E-state index in [1.165, 1.54) is 27.8 Å². The summed E-state index contributed by atoms with van der Waals surface area (Å²) in [5, 5.41) is 5.54. The monoisotopic (exact) mass is 1330 g/mol. The van der Waals surface area contributed by atoms with Gasteiger partial charge in [-0.1, -0.05) is 80.4 Å². The number of halogens is 2. The molecule has 0 bridgehead atoms. The van der Waals surface area contributed by atoms with Crippen LogP contribution in [0, 0.1) is 22.7 Å². The normalized spacial score (nSPS) is 21.2. The summed E-state index contributed by atoms with van der Waals surface area (Å²) in [4.78, 5) is 49.1. The van der Waals surface area contributed by atoms with Gasteiger partial charge < -0.3 is 41.0 Å². The topological polar surface area (TPSA) is 181 Å². The number of ether oxygens (including phenoxy) is 4. The second kappa shape index (κ2) is 30.7. The zero-order chi connectivity index (χ0) is 69.3. The molecule has 504 valence electrons. The Morgan fingerprint density at radius 2 is 0.750 bits per heavy atom. The number of carbonyl (C=O) groups is 4. The average Bonchev–Trinajstić information content (AvgIpc) is 0.727. The number of aryl methyl sites for hydroxylation is 2. The second-order valence-corrected chi connectivity index (χ2v) is 28.4. The SMILES string of the molecule is CC(=O)c1cc2c(cc1C(C)C)CCC1C(C)(C(C)=O)CCCC21C.CC(C)c1cc2c(cc1C(=O)Cl)C1(C)CCCC(C)(C(=O)Cl)C1CC2.CNc1ccc(Oc2ccc(Oc3ccc(NC)cc3)cc2)cc1.Nc1ccc(Oc2ccc(Oc3ccc(N)cc3)cc2)cc1. The third-order valence-corrected chi connectivity index (χ3v) is 21.4.